The van der Waals surface area contributed by atoms with Gasteiger partial charge in [-0.1, -0.05) is 30.3 Å². The number of benzene rings is 1. The summed E-state index contributed by atoms with van der Waals surface area (Å²) in [6, 6.07) is 9.71. The SMILES string of the molecule is NC(=O)C1=CC(c2ccccc2)(C2CC(c3nnc(CO)o3)C2)ON1. The predicted octanol–water partition coefficient (Wildman–Crippen LogP) is 0.855. The Bertz CT molecular complexity index is 813. The van der Waals surface area contributed by atoms with Crippen molar-refractivity contribution in [3.63, 3.8) is 0 Å². The predicted molar refractivity (Wildman–Crippen MR) is 85.3 cm³/mol. The van der Waals surface area contributed by atoms with E-state index in [0.29, 0.717) is 5.89 Å². The Hall–Kier alpha value is -2.71. The van der Waals surface area contributed by atoms with Gasteiger partial charge < -0.3 is 15.3 Å². The van der Waals surface area contributed by atoms with Gasteiger partial charge in [0.2, 0.25) is 11.8 Å². The van der Waals surface area contributed by atoms with Crippen molar-refractivity contribution >= 4 is 5.91 Å². The van der Waals surface area contributed by atoms with E-state index in [1.165, 1.54) is 0 Å². The molecule has 1 aromatic carbocycles. The van der Waals surface area contributed by atoms with E-state index in [4.69, 9.17) is 20.1 Å². The third kappa shape index (κ3) is 2.59. The number of carbonyl (C=O) groups excluding carboxylic acids is 1. The first kappa shape index (κ1) is 15.8. The summed E-state index contributed by atoms with van der Waals surface area (Å²) in [6.07, 6.45) is 3.27. The van der Waals surface area contributed by atoms with Crippen LogP contribution >= 0.6 is 0 Å². The highest BCUT2D eigenvalue weighted by molar-refractivity contribution is 5.91. The average molecular weight is 342 g/mol. The molecular formula is C17H18N4O4. The summed E-state index contributed by atoms with van der Waals surface area (Å²) in [6.45, 7) is -0.269. The van der Waals surface area contributed by atoms with Gasteiger partial charge >= 0.3 is 0 Å². The van der Waals surface area contributed by atoms with Crippen LogP contribution in [0.15, 0.2) is 46.5 Å². The van der Waals surface area contributed by atoms with E-state index in [2.05, 4.69) is 15.7 Å². The molecule has 2 aliphatic rings. The number of amides is 1. The Balaban J connectivity index is 1.60. The smallest absolute Gasteiger partial charge is 0.266 e. The summed E-state index contributed by atoms with van der Waals surface area (Å²) >= 11 is 0. The lowest BCUT2D eigenvalue weighted by atomic mass is 9.64. The van der Waals surface area contributed by atoms with Crippen LogP contribution in [-0.2, 0) is 21.8 Å². The second-order valence-electron chi connectivity index (χ2n) is 6.34. The van der Waals surface area contributed by atoms with Crippen LogP contribution in [0.2, 0.25) is 0 Å². The van der Waals surface area contributed by atoms with Crippen molar-refractivity contribution in [1.82, 2.24) is 15.7 Å². The number of primary amides is 1. The monoisotopic (exact) mass is 342 g/mol. The van der Waals surface area contributed by atoms with Crippen molar-refractivity contribution in [3.8, 4) is 0 Å². The van der Waals surface area contributed by atoms with Crippen molar-refractivity contribution in [1.29, 1.82) is 0 Å². The van der Waals surface area contributed by atoms with Gasteiger partial charge in [-0.3, -0.25) is 15.1 Å². The molecule has 0 saturated heterocycles. The fourth-order valence-corrected chi connectivity index (χ4v) is 3.48. The third-order valence-corrected chi connectivity index (χ3v) is 4.89. The van der Waals surface area contributed by atoms with Crippen molar-refractivity contribution in [2.24, 2.45) is 11.7 Å². The highest BCUT2D eigenvalue weighted by atomic mass is 16.7. The molecule has 4 rings (SSSR count). The van der Waals surface area contributed by atoms with Crippen LogP contribution < -0.4 is 11.2 Å². The molecule has 25 heavy (non-hydrogen) atoms. The molecule has 1 aromatic heterocycles. The Morgan fingerprint density at radius 2 is 2.08 bits per heavy atom. The number of rotatable bonds is 5. The van der Waals surface area contributed by atoms with Gasteiger partial charge in [-0.25, -0.2) is 0 Å². The molecule has 2 aromatic rings. The number of nitrogens with two attached hydrogens (primary N) is 1. The summed E-state index contributed by atoms with van der Waals surface area (Å²) in [5.41, 5.74) is 8.49. The van der Waals surface area contributed by atoms with Crippen LogP contribution in [0.5, 0.6) is 0 Å². The Morgan fingerprint density at radius 1 is 1.32 bits per heavy atom. The molecular weight excluding hydrogens is 324 g/mol. The molecule has 0 spiro atoms. The molecule has 1 aliphatic carbocycles. The Kier molecular flexibility index (Phi) is 3.78. The second-order valence-corrected chi connectivity index (χ2v) is 6.34. The zero-order valence-corrected chi connectivity index (χ0v) is 13.4. The van der Waals surface area contributed by atoms with Crippen LogP contribution in [0.4, 0.5) is 0 Å². The maximum Gasteiger partial charge on any atom is 0.266 e. The minimum absolute atomic E-state index is 0.105. The topological polar surface area (TPSA) is 124 Å². The number of carbonyl (C=O) groups is 1. The molecule has 8 heteroatoms. The number of aliphatic hydroxyl groups is 1. The minimum Gasteiger partial charge on any atom is -0.422 e. The maximum atomic E-state index is 11.5. The molecule has 1 fully saturated rings. The maximum absolute atomic E-state index is 11.5. The van der Waals surface area contributed by atoms with E-state index in [9.17, 15) is 4.79 Å². The van der Waals surface area contributed by atoms with Crippen molar-refractivity contribution in [2.75, 3.05) is 0 Å². The summed E-state index contributed by atoms with van der Waals surface area (Å²) in [5.74, 6) is 0.402. The van der Waals surface area contributed by atoms with Crippen LogP contribution in [0.1, 0.15) is 36.1 Å². The van der Waals surface area contributed by atoms with E-state index in [-0.39, 0.29) is 30.0 Å². The molecule has 1 aliphatic heterocycles. The van der Waals surface area contributed by atoms with Gasteiger partial charge in [-0.05, 0) is 24.5 Å². The minimum atomic E-state index is -0.762. The molecule has 1 unspecified atom stereocenters. The Labute approximate surface area is 143 Å². The number of hydroxylamine groups is 1. The quantitative estimate of drug-likeness (QED) is 0.736. The van der Waals surface area contributed by atoms with Crippen molar-refractivity contribution < 1.29 is 19.2 Å². The van der Waals surface area contributed by atoms with Crippen LogP contribution in [0, 0.1) is 5.92 Å². The molecule has 0 radical (unpaired) electrons. The van der Waals surface area contributed by atoms with Crippen molar-refractivity contribution in [3.05, 3.63) is 59.4 Å². The molecule has 1 atom stereocenters. The van der Waals surface area contributed by atoms with Gasteiger partial charge in [0.05, 0.1) is 0 Å². The normalized spacial score (nSPS) is 28.1. The summed E-state index contributed by atoms with van der Waals surface area (Å²) in [4.78, 5) is 17.4. The van der Waals surface area contributed by atoms with Crippen LogP contribution in [-0.4, -0.2) is 21.2 Å². The molecule has 1 amide bonds. The largest absolute Gasteiger partial charge is 0.422 e. The van der Waals surface area contributed by atoms with Gasteiger partial charge in [0, 0.05) is 11.8 Å². The van der Waals surface area contributed by atoms with E-state index in [1.54, 1.807) is 6.08 Å². The number of aromatic nitrogens is 2. The highest BCUT2D eigenvalue weighted by Crippen LogP contribution is 2.53. The molecule has 130 valence electrons. The van der Waals surface area contributed by atoms with E-state index < -0.39 is 11.5 Å². The number of nitrogens with zero attached hydrogens (tertiary/aromatic N) is 2. The average Bonchev–Trinajstić information content (AvgIpc) is 3.23. The first-order valence-electron chi connectivity index (χ1n) is 8.07. The zero-order chi connectivity index (χ0) is 17.4. The number of hydrogen-bond donors (Lipinski definition) is 3. The fraction of sp³-hybridized carbons (Fsp3) is 0.353. The number of hydrogen-bond acceptors (Lipinski definition) is 7. The molecule has 2 heterocycles. The van der Waals surface area contributed by atoms with Crippen LogP contribution in [0.25, 0.3) is 0 Å². The van der Waals surface area contributed by atoms with E-state index >= 15 is 0 Å². The van der Waals surface area contributed by atoms with E-state index in [1.807, 2.05) is 30.3 Å². The molecule has 4 N–H and O–H groups in total. The van der Waals surface area contributed by atoms with Gasteiger partial charge in [0.1, 0.15) is 17.9 Å². The number of aliphatic hydroxyl groups excluding tert-OH is 1. The Morgan fingerprint density at radius 3 is 2.68 bits per heavy atom. The third-order valence-electron chi connectivity index (χ3n) is 4.89. The summed E-state index contributed by atoms with van der Waals surface area (Å²) < 4.78 is 5.43. The fourth-order valence-electron chi connectivity index (χ4n) is 3.48. The van der Waals surface area contributed by atoms with Gasteiger partial charge in [-0.2, -0.15) is 0 Å². The molecule has 1 saturated carbocycles. The summed E-state index contributed by atoms with van der Waals surface area (Å²) in [5, 5.41) is 16.8. The lowest BCUT2D eigenvalue weighted by Crippen LogP contribution is -2.42. The van der Waals surface area contributed by atoms with Gasteiger partial charge in [-0.15, -0.1) is 10.2 Å². The first-order chi connectivity index (χ1) is 12.1. The van der Waals surface area contributed by atoms with Crippen LogP contribution in [0.3, 0.4) is 0 Å². The van der Waals surface area contributed by atoms with E-state index in [0.717, 1.165) is 18.4 Å². The standard InChI is InChI=1S/C17H18N4O4/c18-15(23)13-8-17(25-21-13,11-4-2-1-3-5-11)12-6-10(7-12)16-20-19-14(9-22)24-16/h1-5,8,10,12,21-22H,6-7,9H2,(H2,18,23). The number of nitrogens with one attached hydrogen (secondary N) is 1. The lowest BCUT2D eigenvalue weighted by molar-refractivity contribution is -0.122. The summed E-state index contributed by atoms with van der Waals surface area (Å²) in [7, 11) is 0. The molecule has 0 bridgehead atoms. The van der Waals surface area contributed by atoms with Gasteiger partial charge in [0.25, 0.3) is 5.91 Å². The second kappa shape index (κ2) is 5.98. The lowest BCUT2D eigenvalue weighted by Gasteiger charge is -2.43. The van der Waals surface area contributed by atoms with Crippen molar-refractivity contribution in [2.45, 2.75) is 31.0 Å². The van der Waals surface area contributed by atoms with Gasteiger partial charge in [0.15, 0.2) is 0 Å². The first-order valence-corrected chi connectivity index (χ1v) is 8.07. The highest BCUT2D eigenvalue weighted by Gasteiger charge is 2.52. The molecule has 8 nitrogen and oxygen atoms in total. The zero-order valence-electron chi connectivity index (χ0n) is 13.4.